The number of oxazole rings is 1. The van der Waals surface area contributed by atoms with E-state index in [1.807, 2.05) is 0 Å². The van der Waals surface area contributed by atoms with Crippen LogP contribution in [0.4, 0.5) is 18.9 Å². The number of hydrogen-bond acceptors (Lipinski definition) is 8. The van der Waals surface area contributed by atoms with E-state index >= 15 is 0 Å². The fourth-order valence-corrected chi connectivity index (χ4v) is 5.33. The van der Waals surface area contributed by atoms with Gasteiger partial charge < -0.3 is 19.2 Å². The van der Waals surface area contributed by atoms with Gasteiger partial charge >= 0.3 is 12.1 Å². The number of rotatable bonds is 6. The molecule has 240 valence electrons. The number of nitrogens with one attached hydrogen (secondary N) is 1. The SMILES string of the molecule is Cc1nc2ncc(NC(=O)c3cccc(-n4nc(C(F)(F)F)c5c4C(Oc4ccc(C(=O)OC(C)(C)C)cc4)CCC5)c3)cc2o1.[HH]. The van der Waals surface area contributed by atoms with Gasteiger partial charge in [-0.25, -0.2) is 14.5 Å². The summed E-state index contributed by atoms with van der Waals surface area (Å²) in [5.41, 5.74) is 0.568. The zero-order valence-corrected chi connectivity index (χ0v) is 25.4. The van der Waals surface area contributed by atoms with Crippen molar-refractivity contribution in [1.29, 1.82) is 0 Å². The normalized spacial score (nSPS) is 15.0. The molecule has 3 aromatic heterocycles. The van der Waals surface area contributed by atoms with Crippen LogP contribution in [0, 0.1) is 6.92 Å². The maximum Gasteiger partial charge on any atom is 0.435 e. The molecule has 13 heteroatoms. The molecule has 0 spiro atoms. The van der Waals surface area contributed by atoms with E-state index in [0.717, 1.165) is 0 Å². The first-order valence-electron chi connectivity index (χ1n) is 14.6. The summed E-state index contributed by atoms with van der Waals surface area (Å²) in [6.45, 7) is 6.98. The number of nitrogens with zero attached hydrogens (tertiary/aromatic N) is 4. The summed E-state index contributed by atoms with van der Waals surface area (Å²) >= 11 is 0. The Balaban J connectivity index is 0.00000433. The van der Waals surface area contributed by atoms with Crippen LogP contribution >= 0.6 is 0 Å². The fourth-order valence-electron chi connectivity index (χ4n) is 5.33. The first-order chi connectivity index (χ1) is 21.7. The molecule has 1 N–H and O–H groups in total. The molecular weight excluding hydrogens is 603 g/mol. The van der Waals surface area contributed by atoms with Gasteiger partial charge in [0.1, 0.15) is 17.5 Å². The lowest BCUT2D eigenvalue weighted by atomic mass is 9.92. The summed E-state index contributed by atoms with van der Waals surface area (Å²) in [5, 5.41) is 6.75. The summed E-state index contributed by atoms with van der Waals surface area (Å²) in [6.07, 6.45) is -2.99. The van der Waals surface area contributed by atoms with Crippen LogP contribution in [0.2, 0.25) is 0 Å². The van der Waals surface area contributed by atoms with E-state index in [0.29, 0.717) is 47.0 Å². The number of halogens is 3. The number of hydrogen-bond donors (Lipinski definition) is 1. The number of aryl methyl sites for hydroxylation is 1. The van der Waals surface area contributed by atoms with Crippen molar-refractivity contribution in [3.63, 3.8) is 0 Å². The van der Waals surface area contributed by atoms with Gasteiger partial charge in [-0.1, -0.05) is 6.07 Å². The number of pyridine rings is 1. The molecule has 0 bridgehead atoms. The first-order valence-corrected chi connectivity index (χ1v) is 14.6. The van der Waals surface area contributed by atoms with Crippen LogP contribution in [-0.2, 0) is 17.3 Å². The molecule has 1 aliphatic rings. The van der Waals surface area contributed by atoms with Crippen LogP contribution in [0.5, 0.6) is 5.75 Å². The highest BCUT2D eigenvalue weighted by atomic mass is 19.4. The predicted molar refractivity (Wildman–Crippen MR) is 163 cm³/mol. The zero-order chi connectivity index (χ0) is 32.8. The molecular formula is C33H32F3N5O5. The van der Waals surface area contributed by atoms with E-state index in [9.17, 15) is 22.8 Å². The van der Waals surface area contributed by atoms with Crippen molar-refractivity contribution in [1.82, 2.24) is 19.7 Å². The van der Waals surface area contributed by atoms with E-state index in [1.54, 1.807) is 76.2 Å². The Kier molecular flexibility index (Phi) is 7.78. The van der Waals surface area contributed by atoms with Gasteiger partial charge in [0.15, 0.2) is 22.8 Å². The van der Waals surface area contributed by atoms with Crippen molar-refractivity contribution in [2.24, 2.45) is 0 Å². The van der Waals surface area contributed by atoms with Crippen molar-refractivity contribution < 1.29 is 38.1 Å². The molecule has 0 saturated heterocycles. The lowest BCUT2D eigenvalue weighted by Crippen LogP contribution is -2.23. The number of anilines is 1. The van der Waals surface area contributed by atoms with Crippen molar-refractivity contribution in [2.75, 3.05) is 5.32 Å². The summed E-state index contributed by atoms with van der Waals surface area (Å²) < 4.78 is 61.0. The zero-order valence-electron chi connectivity index (χ0n) is 25.4. The molecule has 0 saturated carbocycles. The minimum Gasteiger partial charge on any atom is -0.484 e. The van der Waals surface area contributed by atoms with Gasteiger partial charge in [-0.2, -0.15) is 23.3 Å². The standard InChI is InChI=1S/C33H30F3N5O5.H2/c1-18-38-29-26(44-18)16-21(17-37-29)39-30(42)20-7-5-8-22(15-20)41-27-24(28(40-41)33(34,35)36)9-6-10-25(27)45-23-13-11-19(12-14-23)31(43)46-32(2,3)4;/h5,7-8,11-17,25H,6,9-10H2,1-4H3,(H,39,42);1H. The van der Waals surface area contributed by atoms with Gasteiger partial charge in [-0.15, -0.1) is 0 Å². The highest BCUT2D eigenvalue weighted by molar-refractivity contribution is 6.05. The molecule has 46 heavy (non-hydrogen) atoms. The third kappa shape index (κ3) is 6.44. The number of aromatic nitrogens is 4. The molecule has 10 nitrogen and oxygen atoms in total. The van der Waals surface area contributed by atoms with Crippen molar-refractivity contribution >= 4 is 28.8 Å². The van der Waals surface area contributed by atoms with Gasteiger partial charge in [0, 0.05) is 25.5 Å². The minimum atomic E-state index is -4.70. The van der Waals surface area contributed by atoms with Crippen LogP contribution in [0.15, 0.2) is 65.2 Å². The second-order valence-electron chi connectivity index (χ2n) is 11.9. The Labute approximate surface area is 263 Å². The number of ether oxygens (including phenoxy) is 2. The number of benzene rings is 2. The van der Waals surface area contributed by atoms with Crippen LogP contribution in [-0.4, -0.2) is 37.2 Å². The number of carbonyl (C=O) groups excluding carboxylic acids is 2. The number of alkyl halides is 3. The average molecular weight is 636 g/mol. The quantitative estimate of drug-likeness (QED) is 0.189. The van der Waals surface area contributed by atoms with Crippen LogP contribution in [0.3, 0.4) is 0 Å². The molecule has 0 radical (unpaired) electrons. The van der Waals surface area contributed by atoms with Gasteiger partial charge in [0.05, 0.1) is 28.8 Å². The molecule has 1 amide bonds. The number of fused-ring (bicyclic) bond motifs is 2. The number of esters is 1. The highest BCUT2D eigenvalue weighted by Crippen LogP contribution is 2.42. The number of carbonyl (C=O) groups is 2. The molecule has 1 unspecified atom stereocenters. The van der Waals surface area contributed by atoms with Crippen LogP contribution in [0.1, 0.15) is 84.7 Å². The van der Waals surface area contributed by atoms with E-state index < -0.39 is 35.5 Å². The first kappa shape index (κ1) is 30.8. The Morgan fingerprint density at radius 2 is 1.83 bits per heavy atom. The maximum absolute atomic E-state index is 14.2. The molecule has 5 aromatic rings. The Morgan fingerprint density at radius 1 is 1.07 bits per heavy atom. The Hall–Kier alpha value is -5.20. The van der Waals surface area contributed by atoms with Gasteiger partial charge in [-0.05, 0) is 82.5 Å². The lowest BCUT2D eigenvalue weighted by molar-refractivity contribution is -0.142. The summed E-state index contributed by atoms with van der Waals surface area (Å²) in [6, 6.07) is 14.0. The Morgan fingerprint density at radius 3 is 2.54 bits per heavy atom. The van der Waals surface area contributed by atoms with E-state index in [-0.39, 0.29) is 30.4 Å². The second kappa shape index (κ2) is 11.6. The summed E-state index contributed by atoms with van der Waals surface area (Å²) in [5.74, 6) is -0.207. The van der Waals surface area contributed by atoms with Gasteiger partial charge in [0.25, 0.3) is 5.91 Å². The van der Waals surface area contributed by atoms with Crippen LogP contribution in [0.25, 0.3) is 16.9 Å². The van der Waals surface area contributed by atoms with Gasteiger partial charge in [-0.3, -0.25) is 4.79 Å². The molecule has 3 heterocycles. The molecule has 1 aliphatic carbocycles. The molecule has 0 fully saturated rings. The highest BCUT2D eigenvalue weighted by Gasteiger charge is 2.42. The summed E-state index contributed by atoms with van der Waals surface area (Å²) in [7, 11) is 0. The molecule has 6 rings (SSSR count). The molecule has 1 atom stereocenters. The minimum absolute atomic E-state index is 0. The van der Waals surface area contributed by atoms with Crippen LogP contribution < -0.4 is 10.1 Å². The molecule has 2 aromatic carbocycles. The second-order valence-corrected chi connectivity index (χ2v) is 11.9. The van der Waals surface area contributed by atoms with E-state index in [4.69, 9.17) is 13.9 Å². The van der Waals surface area contributed by atoms with Gasteiger partial charge in [0.2, 0.25) is 0 Å². The predicted octanol–water partition coefficient (Wildman–Crippen LogP) is 7.65. The summed E-state index contributed by atoms with van der Waals surface area (Å²) in [4.78, 5) is 33.9. The number of amides is 1. The monoisotopic (exact) mass is 635 g/mol. The third-order valence-electron chi connectivity index (χ3n) is 7.22. The third-order valence-corrected chi connectivity index (χ3v) is 7.22. The lowest BCUT2D eigenvalue weighted by Gasteiger charge is -2.26. The fraction of sp³-hybridized carbons (Fsp3) is 0.303. The van der Waals surface area contributed by atoms with Crippen molar-refractivity contribution in [3.8, 4) is 11.4 Å². The topological polar surface area (TPSA) is 121 Å². The Bertz CT molecular complexity index is 1950. The largest absolute Gasteiger partial charge is 0.484 e. The van der Waals surface area contributed by atoms with E-state index in [1.165, 1.54) is 16.9 Å². The average Bonchev–Trinajstić information content (AvgIpc) is 3.57. The van der Waals surface area contributed by atoms with Crippen molar-refractivity contribution in [3.05, 3.63) is 94.8 Å². The van der Waals surface area contributed by atoms with Crippen molar-refractivity contribution in [2.45, 2.75) is 64.8 Å². The molecule has 0 aliphatic heterocycles. The van der Waals surface area contributed by atoms with E-state index in [2.05, 4.69) is 20.4 Å². The maximum atomic E-state index is 14.2. The smallest absolute Gasteiger partial charge is 0.435 e.